The minimum absolute atomic E-state index is 0.392. The van der Waals surface area contributed by atoms with E-state index in [0.717, 1.165) is 5.46 Å². The van der Waals surface area contributed by atoms with Crippen LogP contribution >= 0.6 is 0 Å². The van der Waals surface area contributed by atoms with Crippen molar-refractivity contribution in [2.24, 2.45) is 0 Å². The molecule has 1 fully saturated rings. The van der Waals surface area contributed by atoms with Gasteiger partial charge in [-0.05, 0) is 46.8 Å². The van der Waals surface area contributed by atoms with Gasteiger partial charge in [-0.25, -0.2) is 4.79 Å². The van der Waals surface area contributed by atoms with Gasteiger partial charge in [0, 0.05) is 10.8 Å². The number of hydrogen-bond donors (Lipinski definition) is 0. The van der Waals surface area contributed by atoms with Crippen LogP contribution in [0, 0.1) is 6.92 Å². The van der Waals surface area contributed by atoms with Crippen molar-refractivity contribution in [1.29, 1.82) is 0 Å². The van der Waals surface area contributed by atoms with Crippen LogP contribution in [0.1, 0.15) is 43.8 Å². The van der Waals surface area contributed by atoms with Crippen LogP contribution in [0.25, 0.3) is 11.0 Å². The van der Waals surface area contributed by atoms with Crippen molar-refractivity contribution in [3.05, 3.63) is 29.5 Å². The number of carbonyl (C=O) groups is 1. The van der Waals surface area contributed by atoms with Gasteiger partial charge in [-0.15, -0.1) is 0 Å². The predicted molar refractivity (Wildman–Crippen MR) is 88.0 cm³/mol. The van der Waals surface area contributed by atoms with Crippen molar-refractivity contribution >= 4 is 29.5 Å². The van der Waals surface area contributed by atoms with Crippen LogP contribution in [0.5, 0.6) is 0 Å². The molecule has 0 unspecified atom stereocenters. The molecule has 1 aliphatic heterocycles. The van der Waals surface area contributed by atoms with E-state index >= 15 is 0 Å². The Hall–Kier alpha value is -1.79. The van der Waals surface area contributed by atoms with Gasteiger partial charge in [0.05, 0.1) is 23.9 Å². The molecular formula is C17H21BO5. The molecule has 3 rings (SSSR count). The minimum Gasteiger partial charge on any atom is -0.465 e. The smallest absolute Gasteiger partial charge is 0.465 e. The Balaban J connectivity index is 2.12. The van der Waals surface area contributed by atoms with E-state index < -0.39 is 24.3 Å². The molecular weight excluding hydrogens is 295 g/mol. The first-order valence-corrected chi connectivity index (χ1v) is 7.63. The van der Waals surface area contributed by atoms with Crippen molar-refractivity contribution in [2.75, 3.05) is 7.11 Å². The fraction of sp³-hybridized carbons (Fsp3) is 0.471. The van der Waals surface area contributed by atoms with E-state index in [4.69, 9.17) is 18.5 Å². The van der Waals surface area contributed by atoms with Gasteiger partial charge in [0.2, 0.25) is 0 Å². The van der Waals surface area contributed by atoms with E-state index in [9.17, 15) is 4.79 Å². The van der Waals surface area contributed by atoms with Crippen LogP contribution in [-0.4, -0.2) is 31.4 Å². The largest absolute Gasteiger partial charge is 0.498 e. The molecule has 23 heavy (non-hydrogen) atoms. The van der Waals surface area contributed by atoms with Crippen LogP contribution in [0.2, 0.25) is 0 Å². The molecule has 0 saturated carbocycles. The van der Waals surface area contributed by atoms with Gasteiger partial charge >= 0.3 is 13.1 Å². The summed E-state index contributed by atoms with van der Waals surface area (Å²) in [5.41, 5.74) is 0.974. The van der Waals surface area contributed by atoms with E-state index in [1.54, 1.807) is 12.1 Å². The summed E-state index contributed by atoms with van der Waals surface area (Å²) in [6.07, 6.45) is 0. The quantitative estimate of drug-likeness (QED) is 0.630. The lowest BCUT2D eigenvalue weighted by molar-refractivity contribution is 0.00578. The SMILES string of the molecule is COC(=O)c1ccc(B2OC(C)(C)C(C)(C)O2)c2oc(C)cc12. The third kappa shape index (κ3) is 2.46. The molecule has 5 nitrogen and oxygen atoms in total. The first kappa shape index (κ1) is 16.1. The molecule has 0 atom stereocenters. The Labute approximate surface area is 136 Å². The number of methoxy groups -OCH3 is 1. The second-order valence-corrected chi connectivity index (χ2v) is 6.88. The second-order valence-electron chi connectivity index (χ2n) is 6.88. The lowest BCUT2D eigenvalue weighted by atomic mass is 9.77. The van der Waals surface area contributed by atoms with E-state index in [-0.39, 0.29) is 0 Å². The van der Waals surface area contributed by atoms with Crippen LogP contribution in [0.3, 0.4) is 0 Å². The zero-order chi connectivity index (χ0) is 17.0. The molecule has 0 aliphatic carbocycles. The molecule has 0 bridgehead atoms. The van der Waals surface area contributed by atoms with Crippen molar-refractivity contribution < 1.29 is 23.3 Å². The molecule has 122 valence electrons. The van der Waals surface area contributed by atoms with E-state index in [1.807, 2.05) is 40.7 Å². The van der Waals surface area contributed by atoms with Crippen molar-refractivity contribution in [1.82, 2.24) is 0 Å². The van der Waals surface area contributed by atoms with Gasteiger partial charge in [-0.3, -0.25) is 0 Å². The monoisotopic (exact) mass is 316 g/mol. The maximum Gasteiger partial charge on any atom is 0.498 e. The van der Waals surface area contributed by atoms with Gasteiger partial charge in [0.1, 0.15) is 11.3 Å². The third-order valence-corrected chi connectivity index (χ3v) is 4.75. The summed E-state index contributed by atoms with van der Waals surface area (Å²) < 4.78 is 22.8. The van der Waals surface area contributed by atoms with E-state index in [0.29, 0.717) is 22.3 Å². The van der Waals surface area contributed by atoms with Gasteiger partial charge in [-0.1, -0.05) is 6.07 Å². The fourth-order valence-electron chi connectivity index (χ4n) is 2.71. The number of hydrogen-bond acceptors (Lipinski definition) is 5. The number of fused-ring (bicyclic) bond motifs is 1. The highest BCUT2D eigenvalue weighted by Crippen LogP contribution is 2.37. The molecule has 1 saturated heterocycles. The van der Waals surface area contributed by atoms with Gasteiger partial charge in [0.25, 0.3) is 0 Å². The molecule has 6 heteroatoms. The maximum atomic E-state index is 11.9. The number of rotatable bonds is 2. The number of esters is 1. The minimum atomic E-state index is -0.542. The highest BCUT2D eigenvalue weighted by atomic mass is 16.7. The molecule has 1 aromatic heterocycles. The van der Waals surface area contributed by atoms with Gasteiger partial charge in [-0.2, -0.15) is 0 Å². The topological polar surface area (TPSA) is 57.9 Å². The molecule has 0 N–H and O–H groups in total. The molecule has 0 amide bonds. The van der Waals surface area contributed by atoms with Crippen LogP contribution in [-0.2, 0) is 14.0 Å². The Bertz CT molecular complexity index is 759. The Kier molecular flexibility index (Phi) is 3.57. The summed E-state index contributed by atoms with van der Waals surface area (Å²) in [6, 6.07) is 5.36. The highest BCUT2D eigenvalue weighted by molar-refractivity contribution is 6.65. The van der Waals surface area contributed by atoms with Crippen LogP contribution < -0.4 is 5.46 Å². The van der Waals surface area contributed by atoms with Gasteiger partial charge in [0.15, 0.2) is 0 Å². The molecule has 1 aromatic carbocycles. The Morgan fingerprint density at radius 3 is 2.30 bits per heavy atom. The summed E-state index contributed by atoms with van der Waals surface area (Å²) in [4.78, 5) is 11.9. The summed E-state index contributed by atoms with van der Waals surface area (Å²) >= 11 is 0. The maximum absolute atomic E-state index is 11.9. The standard InChI is InChI=1S/C17H21BO5/c1-10-9-12-11(15(19)20-6)7-8-13(14(12)21-10)18-22-16(2,3)17(4,5)23-18/h7-9H,1-6H3. The molecule has 2 heterocycles. The third-order valence-electron chi connectivity index (χ3n) is 4.75. The summed E-state index contributed by atoms with van der Waals surface area (Å²) in [5, 5.41) is 0.710. The first-order valence-electron chi connectivity index (χ1n) is 7.63. The van der Waals surface area contributed by atoms with E-state index in [1.165, 1.54) is 7.11 Å². The average Bonchev–Trinajstić information content (AvgIpc) is 2.93. The van der Waals surface area contributed by atoms with Crippen molar-refractivity contribution in [3.63, 3.8) is 0 Å². The molecule has 0 radical (unpaired) electrons. The summed E-state index contributed by atoms with van der Waals surface area (Å²) in [5.74, 6) is 0.324. The number of aryl methyl sites for hydroxylation is 1. The van der Waals surface area contributed by atoms with Crippen molar-refractivity contribution in [3.8, 4) is 0 Å². The Morgan fingerprint density at radius 2 is 1.74 bits per heavy atom. The van der Waals surface area contributed by atoms with Crippen LogP contribution in [0.4, 0.5) is 0 Å². The zero-order valence-corrected chi connectivity index (χ0v) is 14.4. The number of ether oxygens (including phenoxy) is 1. The second kappa shape index (κ2) is 5.11. The Morgan fingerprint density at radius 1 is 1.13 bits per heavy atom. The molecule has 1 aliphatic rings. The fourth-order valence-corrected chi connectivity index (χ4v) is 2.71. The first-order chi connectivity index (χ1) is 10.7. The highest BCUT2D eigenvalue weighted by Gasteiger charge is 2.52. The van der Waals surface area contributed by atoms with E-state index in [2.05, 4.69) is 0 Å². The zero-order valence-electron chi connectivity index (χ0n) is 14.4. The summed E-state index contributed by atoms with van der Waals surface area (Å²) in [6.45, 7) is 9.84. The van der Waals surface area contributed by atoms with Gasteiger partial charge < -0.3 is 18.5 Å². The normalized spacial score (nSPS) is 19.3. The van der Waals surface area contributed by atoms with Crippen LogP contribution in [0.15, 0.2) is 22.6 Å². The lowest BCUT2D eigenvalue weighted by Crippen LogP contribution is -2.41. The predicted octanol–water partition coefficient (Wildman–Crippen LogP) is 2.83. The molecule has 0 spiro atoms. The number of carbonyl (C=O) groups excluding carboxylic acids is 1. The lowest BCUT2D eigenvalue weighted by Gasteiger charge is -2.32. The number of furan rings is 1. The molecule has 2 aromatic rings. The summed E-state index contributed by atoms with van der Waals surface area (Å²) in [7, 11) is 0.822. The van der Waals surface area contributed by atoms with Crippen molar-refractivity contribution in [2.45, 2.75) is 45.8 Å². The average molecular weight is 316 g/mol. The number of benzene rings is 1.